The van der Waals surface area contributed by atoms with Crippen molar-refractivity contribution in [1.82, 2.24) is 0 Å². The molecular weight excluding hydrogens is 449 g/mol. The maximum Gasteiger partial charge on any atom is 0.250 e. The van der Waals surface area contributed by atoms with E-state index in [1.54, 1.807) is 0 Å². The predicted molar refractivity (Wildman–Crippen MR) is 151 cm³/mol. The van der Waals surface area contributed by atoms with Crippen molar-refractivity contribution in [2.24, 2.45) is 17.3 Å². The van der Waals surface area contributed by atoms with Crippen molar-refractivity contribution >= 4 is 16.4 Å². The summed E-state index contributed by atoms with van der Waals surface area (Å²) in [7, 11) is -3.46. The summed E-state index contributed by atoms with van der Waals surface area (Å²) in [5.41, 5.74) is 6.21. The number of rotatable bonds is 4. The van der Waals surface area contributed by atoms with Crippen LogP contribution in [0.15, 0.2) is 29.8 Å². The summed E-state index contributed by atoms with van der Waals surface area (Å²) < 4.78 is 6.69. The molecular formula is C30H48O2Si2. The Morgan fingerprint density at radius 2 is 1.76 bits per heavy atom. The van der Waals surface area contributed by atoms with Crippen LogP contribution in [0.5, 0.6) is 5.75 Å². The lowest BCUT2D eigenvalue weighted by atomic mass is 9.68. The number of hydrogen-bond acceptors (Lipinski definition) is 2. The summed E-state index contributed by atoms with van der Waals surface area (Å²) in [4.78, 5) is 0. The molecule has 1 aromatic carbocycles. The highest BCUT2D eigenvalue weighted by Crippen LogP contribution is 2.54. The summed E-state index contributed by atoms with van der Waals surface area (Å²) in [5.74, 6) is 4.68. The Hall–Kier alpha value is -1.29. The molecule has 1 unspecified atom stereocenters. The first-order valence-electron chi connectivity index (χ1n) is 13.2. The fourth-order valence-corrected chi connectivity index (χ4v) is 6.90. The fourth-order valence-electron chi connectivity index (χ4n) is 5.22. The molecule has 0 heterocycles. The minimum absolute atomic E-state index is 0.0645. The molecule has 0 saturated carbocycles. The molecule has 2 aliphatic rings. The lowest BCUT2D eigenvalue weighted by Crippen LogP contribution is -2.44. The summed E-state index contributed by atoms with van der Waals surface area (Å²) in [6.07, 6.45) is 6.49. The van der Waals surface area contributed by atoms with Gasteiger partial charge in [-0.05, 0) is 78.1 Å². The van der Waals surface area contributed by atoms with Gasteiger partial charge in [0.15, 0.2) is 0 Å². The molecule has 0 aliphatic heterocycles. The molecule has 1 N–H and O–H groups in total. The van der Waals surface area contributed by atoms with Crippen LogP contribution in [0.3, 0.4) is 0 Å². The Labute approximate surface area is 211 Å². The van der Waals surface area contributed by atoms with E-state index in [9.17, 15) is 5.11 Å². The van der Waals surface area contributed by atoms with Crippen molar-refractivity contribution < 1.29 is 9.53 Å². The predicted octanol–water partition coefficient (Wildman–Crippen LogP) is 8.08. The topological polar surface area (TPSA) is 29.5 Å². The van der Waals surface area contributed by atoms with Gasteiger partial charge in [0, 0.05) is 11.8 Å². The van der Waals surface area contributed by atoms with Gasteiger partial charge < -0.3 is 9.53 Å². The van der Waals surface area contributed by atoms with Gasteiger partial charge in [-0.15, -0.1) is 11.5 Å². The van der Waals surface area contributed by atoms with Crippen LogP contribution in [-0.2, 0) is 12.0 Å². The van der Waals surface area contributed by atoms with E-state index in [2.05, 4.69) is 110 Å². The van der Waals surface area contributed by atoms with Gasteiger partial charge >= 0.3 is 0 Å². The minimum atomic E-state index is -1.97. The van der Waals surface area contributed by atoms with E-state index in [-0.39, 0.29) is 22.3 Å². The summed E-state index contributed by atoms with van der Waals surface area (Å²) in [6.45, 7) is 25.1. The first-order chi connectivity index (χ1) is 15.4. The lowest BCUT2D eigenvalue weighted by Gasteiger charge is -2.40. The third-order valence-corrected chi connectivity index (χ3v) is 13.5. The highest BCUT2D eigenvalue weighted by molar-refractivity contribution is 6.83. The summed E-state index contributed by atoms with van der Waals surface area (Å²) >= 11 is 0. The summed E-state index contributed by atoms with van der Waals surface area (Å²) in [5, 5.41) is 12.8. The molecule has 4 heteroatoms. The van der Waals surface area contributed by atoms with Crippen LogP contribution in [0, 0.1) is 28.7 Å². The standard InChI is InChI=1S/C30H48O2Si2/c1-22(16-18-33(7,8)9)26-19-23-14-15-25(32-34(10,11)28(2,3)4)20-27(23)30(26,31)24-13-12-17-29(5,6)21-24/h14-15,20-22,26,31H,12-13,17,19H2,1-11H3/t22?,26-,30+/m0/s1. The largest absolute Gasteiger partial charge is 0.543 e. The van der Waals surface area contributed by atoms with Crippen LogP contribution >= 0.6 is 0 Å². The van der Waals surface area contributed by atoms with Crippen molar-refractivity contribution in [1.29, 1.82) is 0 Å². The van der Waals surface area contributed by atoms with E-state index in [4.69, 9.17) is 4.43 Å². The number of aliphatic hydroxyl groups is 1. The Balaban J connectivity index is 2.11. The Kier molecular flexibility index (Phi) is 7.21. The second kappa shape index (κ2) is 8.98. The van der Waals surface area contributed by atoms with Gasteiger partial charge in [-0.3, -0.25) is 0 Å². The van der Waals surface area contributed by atoms with Crippen LogP contribution in [0.25, 0.3) is 0 Å². The van der Waals surface area contributed by atoms with E-state index in [0.717, 1.165) is 30.6 Å². The maximum absolute atomic E-state index is 12.7. The Morgan fingerprint density at radius 1 is 1.12 bits per heavy atom. The van der Waals surface area contributed by atoms with Gasteiger partial charge in [-0.1, -0.05) is 73.3 Å². The molecule has 34 heavy (non-hydrogen) atoms. The first-order valence-corrected chi connectivity index (χ1v) is 19.6. The second-order valence-electron chi connectivity index (χ2n) is 14.1. The van der Waals surface area contributed by atoms with Crippen molar-refractivity contribution in [2.75, 3.05) is 0 Å². The molecule has 188 valence electrons. The zero-order valence-corrected chi connectivity index (χ0v) is 25.6. The van der Waals surface area contributed by atoms with Gasteiger partial charge in [-0.2, -0.15) is 0 Å². The number of benzene rings is 1. The molecule has 3 atom stereocenters. The van der Waals surface area contributed by atoms with Gasteiger partial charge in [0.2, 0.25) is 8.32 Å². The molecule has 3 rings (SSSR count). The van der Waals surface area contributed by atoms with Crippen molar-refractivity contribution in [2.45, 2.75) is 111 Å². The molecule has 2 aliphatic carbocycles. The van der Waals surface area contributed by atoms with Gasteiger partial charge in [-0.25, -0.2) is 0 Å². The zero-order chi connectivity index (χ0) is 25.7. The summed E-state index contributed by atoms with van der Waals surface area (Å²) in [6, 6.07) is 6.49. The highest BCUT2D eigenvalue weighted by Gasteiger charge is 2.51. The monoisotopic (exact) mass is 496 g/mol. The van der Waals surface area contributed by atoms with Crippen molar-refractivity contribution in [3.8, 4) is 17.2 Å². The van der Waals surface area contributed by atoms with Crippen LogP contribution in [0.4, 0.5) is 0 Å². The van der Waals surface area contributed by atoms with Crippen molar-refractivity contribution in [3.63, 3.8) is 0 Å². The van der Waals surface area contributed by atoms with Crippen LogP contribution < -0.4 is 4.43 Å². The van der Waals surface area contributed by atoms with E-state index < -0.39 is 22.0 Å². The van der Waals surface area contributed by atoms with Gasteiger partial charge in [0.05, 0.1) is 0 Å². The zero-order valence-electron chi connectivity index (χ0n) is 23.6. The van der Waals surface area contributed by atoms with E-state index in [1.807, 2.05) is 0 Å². The molecule has 2 nitrogen and oxygen atoms in total. The van der Waals surface area contributed by atoms with Crippen molar-refractivity contribution in [3.05, 3.63) is 41.0 Å². The first kappa shape index (κ1) is 27.3. The number of fused-ring (bicyclic) bond motifs is 1. The van der Waals surface area contributed by atoms with E-state index >= 15 is 0 Å². The lowest BCUT2D eigenvalue weighted by molar-refractivity contribution is 0.00557. The minimum Gasteiger partial charge on any atom is -0.543 e. The third kappa shape index (κ3) is 5.58. The molecule has 0 spiro atoms. The molecule has 0 radical (unpaired) electrons. The van der Waals surface area contributed by atoms with Crippen LogP contribution in [0.2, 0.25) is 37.8 Å². The third-order valence-electron chi connectivity index (χ3n) is 8.25. The second-order valence-corrected chi connectivity index (χ2v) is 23.6. The molecule has 0 aromatic heterocycles. The average Bonchev–Trinajstić information content (AvgIpc) is 2.97. The normalized spacial score (nSPS) is 25.6. The average molecular weight is 497 g/mol. The molecule has 0 bridgehead atoms. The van der Waals surface area contributed by atoms with E-state index in [1.165, 1.54) is 17.6 Å². The molecule has 1 aromatic rings. The van der Waals surface area contributed by atoms with E-state index in [0.29, 0.717) is 0 Å². The Bertz CT molecular complexity index is 1010. The molecule has 0 saturated heterocycles. The van der Waals surface area contributed by atoms with Crippen LogP contribution in [-0.4, -0.2) is 21.5 Å². The highest BCUT2D eigenvalue weighted by atomic mass is 28.4. The van der Waals surface area contributed by atoms with Gasteiger partial charge in [0.1, 0.15) is 19.4 Å². The maximum atomic E-state index is 12.7. The SMILES string of the molecule is CC(C#C[Si](C)(C)C)[C@@H]1Cc2ccc(O[Si](C)(C)C(C)(C)C)cc2[C@@]1(O)C1=CC(C)(C)CCC1. The molecule has 0 amide bonds. The number of hydrogen-bond donors (Lipinski definition) is 1. The van der Waals surface area contributed by atoms with Gasteiger partial charge in [0.25, 0.3) is 0 Å². The fraction of sp³-hybridized carbons (Fsp3) is 0.667. The van der Waals surface area contributed by atoms with Crippen LogP contribution in [0.1, 0.15) is 71.9 Å². The molecule has 0 fully saturated rings. The quantitative estimate of drug-likeness (QED) is 0.259. The number of allylic oxidation sites excluding steroid dienone is 1. The Morgan fingerprint density at radius 3 is 2.32 bits per heavy atom. The smallest absolute Gasteiger partial charge is 0.250 e.